The molecule has 0 saturated carbocycles. The second-order valence-electron chi connectivity index (χ2n) is 6.62. The third-order valence-corrected chi connectivity index (χ3v) is 3.55. The molecule has 0 spiro atoms. The van der Waals surface area contributed by atoms with Gasteiger partial charge < -0.3 is 18.9 Å². The van der Waals surface area contributed by atoms with E-state index < -0.39 is 29.7 Å². The van der Waals surface area contributed by atoms with Gasteiger partial charge in [-0.1, -0.05) is 13.3 Å². The average molecular weight is 380 g/mol. The molecule has 0 aliphatic heterocycles. The molecule has 0 aromatic heterocycles. The SMILES string of the molecule is CCCC(Oc1ccc(C=O)cc1OC)(C(=O)OC(C)C)C(=O)OC(C)C. The molecule has 1 aromatic carbocycles. The molecule has 1 aromatic rings. The van der Waals surface area contributed by atoms with Crippen LogP contribution in [0, 0.1) is 0 Å². The van der Waals surface area contributed by atoms with E-state index in [1.807, 2.05) is 6.92 Å². The van der Waals surface area contributed by atoms with Gasteiger partial charge in [0.05, 0.1) is 19.3 Å². The van der Waals surface area contributed by atoms with Crippen LogP contribution in [-0.2, 0) is 19.1 Å². The van der Waals surface area contributed by atoms with Gasteiger partial charge >= 0.3 is 17.5 Å². The summed E-state index contributed by atoms with van der Waals surface area (Å²) in [6.45, 7) is 8.55. The number of methoxy groups -OCH3 is 1. The molecule has 150 valence electrons. The molecule has 27 heavy (non-hydrogen) atoms. The topological polar surface area (TPSA) is 88.1 Å². The quantitative estimate of drug-likeness (QED) is 0.349. The van der Waals surface area contributed by atoms with E-state index in [4.69, 9.17) is 18.9 Å². The van der Waals surface area contributed by atoms with Crippen molar-refractivity contribution in [3.63, 3.8) is 0 Å². The van der Waals surface area contributed by atoms with Gasteiger partial charge in [0.15, 0.2) is 11.5 Å². The lowest BCUT2D eigenvalue weighted by molar-refractivity contribution is -0.185. The lowest BCUT2D eigenvalue weighted by atomic mass is 9.97. The van der Waals surface area contributed by atoms with Crippen molar-refractivity contribution in [3.05, 3.63) is 23.8 Å². The van der Waals surface area contributed by atoms with Gasteiger partial charge in [0.25, 0.3) is 0 Å². The van der Waals surface area contributed by atoms with Gasteiger partial charge in [0.2, 0.25) is 0 Å². The lowest BCUT2D eigenvalue weighted by Crippen LogP contribution is -2.54. The maximum absolute atomic E-state index is 12.9. The second-order valence-corrected chi connectivity index (χ2v) is 6.62. The summed E-state index contributed by atoms with van der Waals surface area (Å²) in [5.41, 5.74) is -1.60. The molecule has 0 radical (unpaired) electrons. The number of carbonyl (C=O) groups excluding carboxylic acids is 3. The highest BCUT2D eigenvalue weighted by molar-refractivity contribution is 6.04. The Balaban J connectivity index is 3.44. The molecule has 0 amide bonds. The van der Waals surface area contributed by atoms with E-state index in [2.05, 4.69) is 0 Å². The summed E-state index contributed by atoms with van der Waals surface area (Å²) < 4.78 is 21.7. The highest BCUT2D eigenvalue weighted by atomic mass is 16.6. The molecule has 7 heteroatoms. The third-order valence-electron chi connectivity index (χ3n) is 3.55. The Morgan fingerprint density at radius 1 is 1.04 bits per heavy atom. The highest BCUT2D eigenvalue weighted by Gasteiger charge is 2.52. The first-order valence-corrected chi connectivity index (χ1v) is 8.94. The molecule has 0 aliphatic carbocycles. The highest BCUT2D eigenvalue weighted by Crippen LogP contribution is 2.34. The number of rotatable bonds is 10. The zero-order chi connectivity index (χ0) is 20.6. The van der Waals surface area contributed by atoms with Crippen LogP contribution >= 0.6 is 0 Å². The molecular weight excluding hydrogens is 352 g/mol. The zero-order valence-corrected chi connectivity index (χ0v) is 16.7. The average Bonchev–Trinajstić information content (AvgIpc) is 2.60. The Morgan fingerprint density at radius 3 is 2.00 bits per heavy atom. The Kier molecular flexibility index (Phi) is 8.28. The number of benzene rings is 1. The van der Waals surface area contributed by atoms with Gasteiger partial charge in [-0.25, -0.2) is 9.59 Å². The molecule has 0 saturated heterocycles. The first kappa shape index (κ1) is 22.5. The summed E-state index contributed by atoms with van der Waals surface area (Å²) in [6, 6.07) is 4.43. The molecular formula is C20H28O7. The largest absolute Gasteiger partial charge is 0.493 e. The number of hydrogen-bond donors (Lipinski definition) is 0. The first-order chi connectivity index (χ1) is 12.7. The van der Waals surface area contributed by atoms with E-state index >= 15 is 0 Å². The first-order valence-electron chi connectivity index (χ1n) is 8.94. The minimum absolute atomic E-state index is 0.0582. The number of ether oxygens (including phenoxy) is 4. The number of carbonyl (C=O) groups is 3. The van der Waals surface area contributed by atoms with Gasteiger partial charge in [-0.3, -0.25) is 4.79 Å². The van der Waals surface area contributed by atoms with Crippen LogP contribution in [0.4, 0.5) is 0 Å². The number of hydrogen-bond acceptors (Lipinski definition) is 7. The lowest BCUT2D eigenvalue weighted by Gasteiger charge is -2.31. The Hall–Kier alpha value is -2.57. The van der Waals surface area contributed by atoms with Gasteiger partial charge in [0.1, 0.15) is 6.29 Å². The van der Waals surface area contributed by atoms with Gasteiger partial charge in [-0.2, -0.15) is 0 Å². The second kappa shape index (κ2) is 9.94. The van der Waals surface area contributed by atoms with E-state index in [9.17, 15) is 14.4 Å². The normalized spacial score (nSPS) is 11.3. The maximum Gasteiger partial charge on any atom is 0.362 e. The monoisotopic (exact) mass is 380 g/mol. The summed E-state index contributed by atoms with van der Waals surface area (Å²) in [6.07, 6.45) is 0.302. The van der Waals surface area contributed by atoms with Gasteiger partial charge in [-0.15, -0.1) is 0 Å². The molecule has 0 aliphatic rings. The standard InChI is InChI=1S/C20H28O7/c1-7-10-20(18(22)25-13(2)3,19(23)26-14(4)5)27-16-9-8-15(12-21)11-17(16)24-6/h8-9,11-14H,7,10H2,1-6H3. The fraction of sp³-hybridized carbons (Fsp3) is 0.550. The molecule has 0 N–H and O–H groups in total. The van der Waals surface area contributed by atoms with Crippen LogP contribution in [-0.4, -0.2) is 43.1 Å². The van der Waals surface area contributed by atoms with Crippen molar-refractivity contribution >= 4 is 18.2 Å². The minimum atomic E-state index is -1.97. The Bertz CT molecular complexity index is 642. The van der Waals surface area contributed by atoms with Crippen molar-refractivity contribution in [2.45, 2.75) is 65.3 Å². The van der Waals surface area contributed by atoms with Crippen LogP contribution in [0.3, 0.4) is 0 Å². The van der Waals surface area contributed by atoms with Crippen LogP contribution in [0.1, 0.15) is 57.8 Å². The molecule has 0 atom stereocenters. The smallest absolute Gasteiger partial charge is 0.362 e. The van der Waals surface area contributed by atoms with E-state index in [-0.39, 0.29) is 17.9 Å². The van der Waals surface area contributed by atoms with Crippen LogP contribution in [0.5, 0.6) is 11.5 Å². The maximum atomic E-state index is 12.9. The minimum Gasteiger partial charge on any atom is -0.493 e. The third kappa shape index (κ3) is 5.70. The van der Waals surface area contributed by atoms with Crippen LogP contribution < -0.4 is 9.47 Å². The summed E-state index contributed by atoms with van der Waals surface area (Å²) in [5.74, 6) is -1.30. The van der Waals surface area contributed by atoms with E-state index in [1.54, 1.807) is 27.7 Å². The summed E-state index contributed by atoms with van der Waals surface area (Å²) in [7, 11) is 1.40. The number of esters is 2. The summed E-state index contributed by atoms with van der Waals surface area (Å²) in [5, 5.41) is 0. The summed E-state index contributed by atoms with van der Waals surface area (Å²) >= 11 is 0. The van der Waals surface area contributed by atoms with Crippen molar-refractivity contribution in [1.29, 1.82) is 0 Å². The van der Waals surface area contributed by atoms with Crippen molar-refractivity contribution in [3.8, 4) is 11.5 Å². The molecule has 0 bridgehead atoms. The van der Waals surface area contributed by atoms with E-state index in [0.717, 1.165) is 0 Å². The zero-order valence-electron chi connectivity index (χ0n) is 16.7. The Labute approximate surface area is 159 Å². The number of aldehydes is 1. The Morgan fingerprint density at radius 2 is 1.59 bits per heavy atom. The van der Waals surface area contributed by atoms with Crippen molar-refractivity contribution in [2.24, 2.45) is 0 Å². The predicted octanol–water partition coefficient (Wildman–Crippen LogP) is 3.33. The van der Waals surface area contributed by atoms with E-state index in [1.165, 1.54) is 25.3 Å². The van der Waals surface area contributed by atoms with Gasteiger partial charge in [0, 0.05) is 12.0 Å². The van der Waals surface area contributed by atoms with Crippen molar-refractivity contribution in [1.82, 2.24) is 0 Å². The summed E-state index contributed by atoms with van der Waals surface area (Å²) in [4.78, 5) is 36.7. The molecule has 7 nitrogen and oxygen atoms in total. The molecule has 1 rings (SSSR count). The van der Waals surface area contributed by atoms with Gasteiger partial charge in [-0.05, 0) is 45.9 Å². The fourth-order valence-corrected chi connectivity index (χ4v) is 2.42. The van der Waals surface area contributed by atoms with Crippen molar-refractivity contribution in [2.75, 3.05) is 7.11 Å². The molecule has 0 fully saturated rings. The van der Waals surface area contributed by atoms with Crippen LogP contribution in [0.15, 0.2) is 18.2 Å². The molecule has 0 heterocycles. The van der Waals surface area contributed by atoms with E-state index in [0.29, 0.717) is 18.3 Å². The van der Waals surface area contributed by atoms with Crippen LogP contribution in [0.2, 0.25) is 0 Å². The predicted molar refractivity (Wildman–Crippen MR) is 99.1 cm³/mol. The molecule has 0 unspecified atom stereocenters. The van der Waals surface area contributed by atoms with Crippen LogP contribution in [0.25, 0.3) is 0 Å². The van der Waals surface area contributed by atoms with Crippen molar-refractivity contribution < 1.29 is 33.3 Å². The fourth-order valence-electron chi connectivity index (χ4n) is 2.42.